The van der Waals surface area contributed by atoms with Gasteiger partial charge in [0.2, 0.25) is 0 Å². The van der Waals surface area contributed by atoms with E-state index in [0.29, 0.717) is 5.41 Å². The average Bonchev–Trinajstić information content (AvgIpc) is 2.71. The highest BCUT2D eigenvalue weighted by Gasteiger charge is 2.27. The molecule has 114 valence electrons. The summed E-state index contributed by atoms with van der Waals surface area (Å²) in [6.45, 7) is 12.8. The van der Waals surface area contributed by atoms with Crippen LogP contribution < -0.4 is 5.32 Å². The standard InChI is InChI=1S/C16H29N3O/c1-15(2,3)14-13(11-19(5)18-14)10-17-12-16(4)6-8-20-9-7-16/h11,17H,6-10,12H2,1-5H3. The molecule has 0 saturated carbocycles. The molecule has 2 rings (SSSR count). The lowest BCUT2D eigenvalue weighted by Crippen LogP contribution is -2.36. The van der Waals surface area contributed by atoms with Crippen LogP contribution in [0.1, 0.15) is 51.8 Å². The van der Waals surface area contributed by atoms with Crippen molar-refractivity contribution >= 4 is 0 Å². The van der Waals surface area contributed by atoms with Gasteiger partial charge in [-0.15, -0.1) is 0 Å². The Balaban J connectivity index is 1.94. The topological polar surface area (TPSA) is 39.1 Å². The summed E-state index contributed by atoms with van der Waals surface area (Å²) in [6.07, 6.45) is 4.44. The molecule has 0 aromatic carbocycles. The van der Waals surface area contributed by atoms with Crippen molar-refractivity contribution in [2.45, 2.75) is 52.5 Å². The molecule has 1 aliphatic heterocycles. The highest BCUT2D eigenvalue weighted by molar-refractivity contribution is 5.23. The Hall–Kier alpha value is -0.870. The number of ether oxygens (including phenoxy) is 1. The van der Waals surface area contributed by atoms with Crippen molar-refractivity contribution in [3.05, 3.63) is 17.5 Å². The highest BCUT2D eigenvalue weighted by atomic mass is 16.5. The van der Waals surface area contributed by atoms with E-state index in [4.69, 9.17) is 4.74 Å². The van der Waals surface area contributed by atoms with Crippen LogP contribution >= 0.6 is 0 Å². The Kier molecular flexibility index (Phi) is 4.55. The predicted octanol–water partition coefficient (Wildman–Crippen LogP) is 2.62. The summed E-state index contributed by atoms with van der Waals surface area (Å²) in [5.41, 5.74) is 2.99. The molecule has 4 nitrogen and oxygen atoms in total. The summed E-state index contributed by atoms with van der Waals surface area (Å²) < 4.78 is 7.38. The smallest absolute Gasteiger partial charge is 0.0722 e. The summed E-state index contributed by atoms with van der Waals surface area (Å²) in [4.78, 5) is 0. The van der Waals surface area contributed by atoms with E-state index in [2.05, 4.69) is 44.3 Å². The van der Waals surface area contributed by atoms with Crippen LogP contribution in [0.15, 0.2) is 6.20 Å². The van der Waals surface area contributed by atoms with Gasteiger partial charge < -0.3 is 10.1 Å². The fourth-order valence-corrected chi connectivity index (χ4v) is 2.84. The Labute approximate surface area is 122 Å². The number of rotatable bonds is 4. The van der Waals surface area contributed by atoms with Gasteiger partial charge in [-0.2, -0.15) is 5.10 Å². The SMILES string of the molecule is Cn1cc(CNCC2(C)CCOCC2)c(C(C)(C)C)n1. The van der Waals surface area contributed by atoms with Crippen LogP contribution in [0.2, 0.25) is 0 Å². The fraction of sp³-hybridized carbons (Fsp3) is 0.812. The van der Waals surface area contributed by atoms with Gasteiger partial charge in [0.1, 0.15) is 0 Å². The highest BCUT2D eigenvalue weighted by Crippen LogP contribution is 2.29. The Morgan fingerprint density at radius 2 is 2.00 bits per heavy atom. The van der Waals surface area contributed by atoms with E-state index in [1.54, 1.807) is 0 Å². The van der Waals surface area contributed by atoms with Crippen molar-refractivity contribution in [1.29, 1.82) is 0 Å². The third kappa shape index (κ3) is 3.83. The summed E-state index contributed by atoms with van der Waals surface area (Å²) in [5.74, 6) is 0. The van der Waals surface area contributed by atoms with Crippen LogP contribution in [0.25, 0.3) is 0 Å². The van der Waals surface area contributed by atoms with Gasteiger partial charge in [-0.25, -0.2) is 0 Å². The first kappa shape index (κ1) is 15.5. The van der Waals surface area contributed by atoms with Gasteiger partial charge in [0.25, 0.3) is 0 Å². The van der Waals surface area contributed by atoms with Crippen molar-refractivity contribution in [3.8, 4) is 0 Å². The lowest BCUT2D eigenvalue weighted by molar-refractivity contribution is 0.0240. The van der Waals surface area contributed by atoms with Crippen LogP contribution in [0.5, 0.6) is 0 Å². The van der Waals surface area contributed by atoms with Crippen molar-refractivity contribution in [1.82, 2.24) is 15.1 Å². The van der Waals surface area contributed by atoms with Gasteiger partial charge in [-0.3, -0.25) is 4.68 Å². The fourth-order valence-electron chi connectivity index (χ4n) is 2.84. The molecule has 0 unspecified atom stereocenters. The maximum atomic E-state index is 5.46. The lowest BCUT2D eigenvalue weighted by Gasteiger charge is -2.33. The summed E-state index contributed by atoms with van der Waals surface area (Å²) in [7, 11) is 2.00. The van der Waals surface area contributed by atoms with Crippen LogP contribution in [0.3, 0.4) is 0 Å². The first-order valence-corrected chi connectivity index (χ1v) is 7.62. The van der Waals surface area contributed by atoms with Crippen molar-refractivity contribution in [2.75, 3.05) is 19.8 Å². The molecule has 2 heterocycles. The minimum absolute atomic E-state index is 0.0981. The summed E-state index contributed by atoms with van der Waals surface area (Å²) in [5, 5.41) is 8.25. The molecule has 1 aromatic heterocycles. The van der Waals surface area contributed by atoms with E-state index >= 15 is 0 Å². The molecule has 20 heavy (non-hydrogen) atoms. The van der Waals surface area contributed by atoms with Gasteiger partial charge in [-0.05, 0) is 18.3 Å². The molecule has 1 N–H and O–H groups in total. The molecule has 4 heteroatoms. The summed E-state index contributed by atoms with van der Waals surface area (Å²) in [6, 6.07) is 0. The zero-order chi connectivity index (χ0) is 14.8. The molecule has 1 saturated heterocycles. The van der Waals surface area contributed by atoms with Crippen molar-refractivity contribution < 1.29 is 4.74 Å². The molecule has 0 spiro atoms. The van der Waals surface area contributed by atoms with Crippen molar-refractivity contribution in [2.24, 2.45) is 12.5 Å². The first-order valence-electron chi connectivity index (χ1n) is 7.62. The number of nitrogens with one attached hydrogen (secondary N) is 1. The Bertz CT molecular complexity index is 439. The number of aryl methyl sites for hydroxylation is 1. The largest absolute Gasteiger partial charge is 0.381 e. The van der Waals surface area contributed by atoms with E-state index in [-0.39, 0.29) is 5.41 Å². The van der Waals surface area contributed by atoms with Crippen LogP contribution in [0.4, 0.5) is 0 Å². The third-order valence-electron chi connectivity index (χ3n) is 4.18. The van der Waals surface area contributed by atoms with E-state index in [1.807, 2.05) is 11.7 Å². The van der Waals surface area contributed by atoms with Gasteiger partial charge in [0.05, 0.1) is 5.69 Å². The summed E-state index contributed by atoms with van der Waals surface area (Å²) >= 11 is 0. The third-order valence-corrected chi connectivity index (χ3v) is 4.18. The monoisotopic (exact) mass is 279 g/mol. The van der Waals surface area contributed by atoms with Crippen LogP contribution in [-0.2, 0) is 23.7 Å². The molecular weight excluding hydrogens is 250 g/mol. The number of hydrogen-bond donors (Lipinski definition) is 1. The number of nitrogens with zero attached hydrogens (tertiary/aromatic N) is 2. The number of hydrogen-bond acceptors (Lipinski definition) is 3. The Morgan fingerprint density at radius 1 is 1.35 bits per heavy atom. The van der Waals surface area contributed by atoms with Crippen molar-refractivity contribution in [3.63, 3.8) is 0 Å². The van der Waals surface area contributed by atoms with Gasteiger partial charge in [-0.1, -0.05) is 27.7 Å². The van der Waals surface area contributed by atoms with Gasteiger partial charge in [0, 0.05) is 50.5 Å². The minimum Gasteiger partial charge on any atom is -0.381 e. The molecular formula is C16H29N3O. The van der Waals surface area contributed by atoms with E-state index in [0.717, 1.165) is 39.1 Å². The number of aromatic nitrogens is 2. The quantitative estimate of drug-likeness (QED) is 0.921. The van der Waals surface area contributed by atoms with Crippen LogP contribution in [0, 0.1) is 5.41 Å². The first-order chi connectivity index (χ1) is 9.30. The maximum Gasteiger partial charge on any atom is 0.0722 e. The normalized spacial score (nSPS) is 19.2. The second-order valence-electron chi connectivity index (χ2n) is 7.45. The van der Waals surface area contributed by atoms with Crippen LogP contribution in [-0.4, -0.2) is 29.5 Å². The Morgan fingerprint density at radius 3 is 2.60 bits per heavy atom. The van der Waals surface area contributed by atoms with Gasteiger partial charge >= 0.3 is 0 Å². The molecule has 0 bridgehead atoms. The van der Waals surface area contributed by atoms with Gasteiger partial charge in [0.15, 0.2) is 0 Å². The molecule has 1 aliphatic rings. The maximum absolute atomic E-state index is 5.46. The second kappa shape index (κ2) is 5.86. The molecule has 1 fully saturated rings. The van der Waals surface area contributed by atoms with E-state index < -0.39 is 0 Å². The zero-order valence-corrected chi connectivity index (χ0v) is 13.6. The van der Waals surface area contributed by atoms with E-state index in [9.17, 15) is 0 Å². The predicted molar refractivity (Wildman–Crippen MR) is 81.8 cm³/mol. The van der Waals surface area contributed by atoms with E-state index in [1.165, 1.54) is 11.3 Å². The molecule has 0 radical (unpaired) electrons. The lowest BCUT2D eigenvalue weighted by atomic mass is 9.82. The zero-order valence-electron chi connectivity index (χ0n) is 13.6. The average molecular weight is 279 g/mol. The molecule has 0 amide bonds. The molecule has 0 aliphatic carbocycles. The minimum atomic E-state index is 0.0981. The second-order valence-corrected chi connectivity index (χ2v) is 7.45. The molecule has 0 atom stereocenters. The molecule has 1 aromatic rings.